The average Bonchev–Trinajstić information content (AvgIpc) is 3.04. The third-order valence-electron chi connectivity index (χ3n) is 3.59. The number of carbonyl (C=O) groups excluding carboxylic acids is 1. The van der Waals surface area contributed by atoms with E-state index in [0.29, 0.717) is 23.0 Å². The van der Waals surface area contributed by atoms with E-state index in [9.17, 15) is 13.2 Å². The molecule has 116 valence electrons. The molecule has 7 heteroatoms. The molecule has 0 saturated heterocycles. The Hall–Kier alpha value is -1.73. The summed E-state index contributed by atoms with van der Waals surface area (Å²) in [6, 6.07) is 4.79. The van der Waals surface area contributed by atoms with Gasteiger partial charge in [-0.1, -0.05) is 23.5 Å². The fraction of sp³-hybridized carbons (Fsp3) is 0.333. The first-order valence-electron chi connectivity index (χ1n) is 6.99. The van der Waals surface area contributed by atoms with Crippen molar-refractivity contribution in [1.82, 2.24) is 4.98 Å². The van der Waals surface area contributed by atoms with E-state index in [1.54, 1.807) is 12.1 Å². The maximum Gasteiger partial charge on any atom is 0.226 e. The highest BCUT2D eigenvalue weighted by Gasteiger charge is 2.16. The molecule has 1 aliphatic carbocycles. The minimum atomic E-state index is -3.24. The fourth-order valence-electron chi connectivity index (χ4n) is 2.46. The Morgan fingerprint density at radius 1 is 1.45 bits per heavy atom. The van der Waals surface area contributed by atoms with Crippen molar-refractivity contribution >= 4 is 42.4 Å². The van der Waals surface area contributed by atoms with Gasteiger partial charge in [0.1, 0.15) is 0 Å². The van der Waals surface area contributed by atoms with Crippen LogP contribution in [0.5, 0.6) is 0 Å². The van der Waals surface area contributed by atoms with Crippen LogP contribution in [-0.2, 0) is 14.6 Å². The van der Waals surface area contributed by atoms with Crippen LogP contribution in [0.1, 0.15) is 19.3 Å². The van der Waals surface area contributed by atoms with E-state index in [1.165, 1.54) is 23.7 Å². The van der Waals surface area contributed by atoms with Gasteiger partial charge in [0.15, 0.2) is 15.0 Å². The topological polar surface area (TPSA) is 76.1 Å². The van der Waals surface area contributed by atoms with E-state index in [4.69, 9.17) is 0 Å². The van der Waals surface area contributed by atoms with Crippen molar-refractivity contribution in [3.63, 3.8) is 0 Å². The molecule has 1 N–H and O–H groups in total. The number of amides is 1. The summed E-state index contributed by atoms with van der Waals surface area (Å²) >= 11 is 1.29. The van der Waals surface area contributed by atoms with Gasteiger partial charge in [0.25, 0.3) is 0 Å². The summed E-state index contributed by atoms with van der Waals surface area (Å²) in [5.74, 6) is 0.255. The van der Waals surface area contributed by atoms with E-state index < -0.39 is 9.84 Å². The number of fused-ring (bicyclic) bond motifs is 1. The summed E-state index contributed by atoms with van der Waals surface area (Å²) in [4.78, 5) is 16.6. The van der Waals surface area contributed by atoms with Gasteiger partial charge in [-0.05, 0) is 37.0 Å². The molecule has 0 unspecified atom stereocenters. The molecule has 1 aromatic heterocycles. The van der Waals surface area contributed by atoms with Crippen LogP contribution in [0, 0.1) is 5.92 Å². The van der Waals surface area contributed by atoms with Crippen molar-refractivity contribution in [3.8, 4) is 0 Å². The van der Waals surface area contributed by atoms with Crippen LogP contribution in [0.15, 0.2) is 35.2 Å². The van der Waals surface area contributed by atoms with E-state index in [-0.39, 0.29) is 10.8 Å². The molecule has 2 aromatic rings. The monoisotopic (exact) mass is 336 g/mol. The van der Waals surface area contributed by atoms with Crippen LogP contribution in [0.3, 0.4) is 0 Å². The van der Waals surface area contributed by atoms with Crippen molar-refractivity contribution in [1.29, 1.82) is 0 Å². The molecule has 1 heterocycles. The second-order valence-electron chi connectivity index (χ2n) is 5.44. The number of aromatic nitrogens is 1. The third-order valence-corrected chi connectivity index (χ3v) is 5.64. The number of sulfone groups is 1. The second-order valence-corrected chi connectivity index (χ2v) is 8.48. The molecule has 0 aliphatic heterocycles. The Bertz CT molecular complexity index is 853. The summed E-state index contributed by atoms with van der Waals surface area (Å²) in [6.45, 7) is 0. The molecule has 0 radical (unpaired) electrons. The van der Waals surface area contributed by atoms with Gasteiger partial charge >= 0.3 is 0 Å². The summed E-state index contributed by atoms with van der Waals surface area (Å²) < 4.78 is 23.9. The number of hydrogen-bond acceptors (Lipinski definition) is 5. The van der Waals surface area contributed by atoms with Crippen molar-refractivity contribution in [2.24, 2.45) is 5.92 Å². The SMILES string of the molecule is CS(=O)(=O)c1ccc2nc(NC(=O)C[C@@H]3C=CCC3)sc2c1. The summed E-state index contributed by atoms with van der Waals surface area (Å²) in [7, 11) is -3.24. The second kappa shape index (κ2) is 5.81. The highest BCUT2D eigenvalue weighted by molar-refractivity contribution is 7.90. The van der Waals surface area contributed by atoms with Gasteiger partial charge in [-0.25, -0.2) is 13.4 Å². The Balaban J connectivity index is 1.77. The number of benzene rings is 1. The molecule has 22 heavy (non-hydrogen) atoms. The number of carbonyl (C=O) groups is 1. The molecular weight excluding hydrogens is 320 g/mol. The lowest BCUT2D eigenvalue weighted by molar-refractivity contribution is -0.116. The zero-order valence-electron chi connectivity index (χ0n) is 12.1. The first-order chi connectivity index (χ1) is 10.4. The minimum Gasteiger partial charge on any atom is -0.302 e. The quantitative estimate of drug-likeness (QED) is 0.871. The largest absolute Gasteiger partial charge is 0.302 e. The van der Waals surface area contributed by atoms with Gasteiger partial charge in [0, 0.05) is 12.7 Å². The molecule has 3 rings (SSSR count). The zero-order valence-corrected chi connectivity index (χ0v) is 13.7. The van der Waals surface area contributed by atoms with Gasteiger partial charge < -0.3 is 5.32 Å². The highest BCUT2D eigenvalue weighted by Crippen LogP contribution is 2.29. The maximum absolute atomic E-state index is 12.0. The van der Waals surface area contributed by atoms with Crippen molar-refractivity contribution in [3.05, 3.63) is 30.4 Å². The number of rotatable bonds is 4. The van der Waals surface area contributed by atoms with Crippen LogP contribution in [0.2, 0.25) is 0 Å². The lowest BCUT2D eigenvalue weighted by atomic mass is 10.1. The number of allylic oxidation sites excluding steroid dienone is 2. The predicted octanol–water partition coefficient (Wildman–Crippen LogP) is 2.99. The Morgan fingerprint density at radius 3 is 2.95 bits per heavy atom. The molecule has 1 atom stereocenters. The molecular formula is C15H16N2O3S2. The first kappa shape index (κ1) is 15.2. The summed E-state index contributed by atoms with van der Waals surface area (Å²) in [6.07, 6.45) is 7.87. The van der Waals surface area contributed by atoms with Gasteiger partial charge in [0.05, 0.1) is 15.1 Å². The number of nitrogens with one attached hydrogen (secondary N) is 1. The van der Waals surface area contributed by atoms with Gasteiger partial charge in [-0.3, -0.25) is 4.79 Å². The zero-order chi connectivity index (χ0) is 15.7. The Kier molecular flexibility index (Phi) is 4.01. The average molecular weight is 336 g/mol. The maximum atomic E-state index is 12.0. The van der Waals surface area contributed by atoms with Crippen LogP contribution in [0.25, 0.3) is 10.2 Å². The van der Waals surface area contributed by atoms with E-state index in [2.05, 4.69) is 22.5 Å². The number of hydrogen-bond donors (Lipinski definition) is 1. The van der Waals surface area contributed by atoms with E-state index in [1.807, 2.05) is 0 Å². The molecule has 5 nitrogen and oxygen atoms in total. The van der Waals surface area contributed by atoms with E-state index >= 15 is 0 Å². The molecule has 1 aliphatic rings. The normalized spacial score (nSPS) is 18.0. The van der Waals surface area contributed by atoms with Crippen LogP contribution < -0.4 is 5.32 Å². The number of thiazole rings is 1. The van der Waals surface area contributed by atoms with Crippen LogP contribution in [0.4, 0.5) is 5.13 Å². The molecule has 0 bridgehead atoms. The van der Waals surface area contributed by atoms with Gasteiger partial charge in [0.2, 0.25) is 5.91 Å². The lowest BCUT2D eigenvalue weighted by Gasteiger charge is -2.06. The molecule has 1 amide bonds. The molecule has 1 aromatic carbocycles. The summed E-state index contributed by atoms with van der Waals surface area (Å²) in [5.41, 5.74) is 0.688. The minimum absolute atomic E-state index is 0.0565. The molecule has 0 fully saturated rings. The lowest BCUT2D eigenvalue weighted by Crippen LogP contribution is -2.14. The third kappa shape index (κ3) is 3.36. The Labute approximate surface area is 133 Å². The van der Waals surface area contributed by atoms with Crippen molar-refractivity contribution < 1.29 is 13.2 Å². The Morgan fingerprint density at radius 2 is 2.27 bits per heavy atom. The highest BCUT2D eigenvalue weighted by atomic mass is 32.2. The van der Waals surface area contributed by atoms with Gasteiger partial charge in [-0.15, -0.1) is 0 Å². The number of nitrogens with zero attached hydrogens (tertiary/aromatic N) is 1. The smallest absolute Gasteiger partial charge is 0.226 e. The predicted molar refractivity (Wildman–Crippen MR) is 87.8 cm³/mol. The molecule has 0 spiro atoms. The van der Waals surface area contributed by atoms with Crippen LogP contribution in [-0.4, -0.2) is 25.6 Å². The number of anilines is 1. The summed E-state index contributed by atoms with van der Waals surface area (Å²) in [5, 5.41) is 3.31. The van der Waals surface area contributed by atoms with Crippen LogP contribution >= 0.6 is 11.3 Å². The standard InChI is InChI=1S/C15H16N2O3S2/c1-22(19,20)11-6-7-12-13(9-11)21-15(16-12)17-14(18)8-10-4-2-3-5-10/h2,4,6-7,9-10H,3,5,8H2,1H3,(H,16,17,18)/t10-/m1/s1. The van der Waals surface area contributed by atoms with Crippen molar-refractivity contribution in [2.45, 2.75) is 24.2 Å². The van der Waals surface area contributed by atoms with E-state index in [0.717, 1.165) is 17.5 Å². The van der Waals surface area contributed by atoms with Gasteiger partial charge in [-0.2, -0.15) is 0 Å². The molecule has 0 saturated carbocycles. The fourth-order valence-corrected chi connectivity index (χ4v) is 4.11. The van der Waals surface area contributed by atoms with Crippen molar-refractivity contribution in [2.75, 3.05) is 11.6 Å². The first-order valence-corrected chi connectivity index (χ1v) is 9.70.